The summed E-state index contributed by atoms with van der Waals surface area (Å²) in [5.74, 6) is -3.99. The molecule has 1 aliphatic heterocycles. The van der Waals surface area contributed by atoms with Crippen molar-refractivity contribution in [3.8, 4) is 0 Å². The van der Waals surface area contributed by atoms with Crippen LogP contribution in [0.4, 0.5) is 0 Å². The summed E-state index contributed by atoms with van der Waals surface area (Å²) < 4.78 is 41.0. The average Bonchev–Trinajstić information content (AvgIpc) is 2.97. The normalized spacial score (nSPS) is 39.0. The summed E-state index contributed by atoms with van der Waals surface area (Å²) >= 11 is 0. The van der Waals surface area contributed by atoms with E-state index >= 15 is 4.79 Å². The Kier molecular flexibility index (Phi) is 10.6. The summed E-state index contributed by atoms with van der Waals surface area (Å²) in [6.07, 6.45) is -4.47. The average molecular weight is 684 g/mol. The lowest BCUT2D eigenvalue weighted by Crippen LogP contribution is -2.80. The molecule has 1 heterocycles. The van der Waals surface area contributed by atoms with Crippen molar-refractivity contribution >= 4 is 34.2 Å². The highest BCUT2D eigenvalue weighted by Crippen LogP contribution is 2.66. The van der Waals surface area contributed by atoms with Crippen molar-refractivity contribution in [3.63, 3.8) is 0 Å². The van der Waals surface area contributed by atoms with E-state index in [9.17, 15) is 19.5 Å². The molecule has 266 valence electrons. The highest BCUT2D eigenvalue weighted by atomic mass is 28.2. The first kappa shape index (κ1) is 37.6. The number of hydrogen-bond donors (Lipinski definition) is 1. The van der Waals surface area contributed by atoms with Crippen molar-refractivity contribution in [1.82, 2.24) is 4.90 Å². The Balaban J connectivity index is 1.99. The van der Waals surface area contributed by atoms with Gasteiger partial charge in [0.05, 0.1) is 23.7 Å². The van der Waals surface area contributed by atoms with Crippen LogP contribution < -0.4 is 0 Å². The van der Waals surface area contributed by atoms with E-state index < -0.39 is 94.7 Å². The second kappa shape index (κ2) is 13.3. The number of carbonyl (C=O) groups excluding carboxylic acids is 4. The number of Topliss-reactive ketones (excluding diaryl/α,β-unsaturated/α-hetero) is 1. The Hall–Kier alpha value is -2.20. The first-order valence-corrected chi connectivity index (χ1v) is 17.0. The Morgan fingerprint density at radius 1 is 1.15 bits per heavy atom. The van der Waals surface area contributed by atoms with Crippen LogP contribution in [0.1, 0.15) is 61.3 Å². The van der Waals surface area contributed by atoms with Gasteiger partial charge in [-0.15, -0.1) is 0 Å². The Morgan fingerprint density at radius 3 is 2.28 bits per heavy atom. The highest BCUT2D eigenvalue weighted by Gasteiger charge is 2.76. The van der Waals surface area contributed by atoms with Crippen LogP contribution in [0.15, 0.2) is 11.1 Å². The lowest BCUT2D eigenvalue weighted by molar-refractivity contribution is -0.336. The molecule has 0 spiro atoms. The Bertz CT molecular complexity index is 1300. The van der Waals surface area contributed by atoms with E-state index in [-0.39, 0.29) is 36.0 Å². The van der Waals surface area contributed by atoms with Gasteiger partial charge in [-0.05, 0) is 51.9 Å². The van der Waals surface area contributed by atoms with Crippen molar-refractivity contribution in [3.05, 3.63) is 11.1 Å². The fourth-order valence-electron chi connectivity index (χ4n) is 9.16. The summed E-state index contributed by atoms with van der Waals surface area (Å²) in [7, 11) is 6.69. The van der Waals surface area contributed by atoms with E-state index in [0.717, 1.165) is 0 Å². The molecule has 4 aliphatic rings. The van der Waals surface area contributed by atoms with E-state index in [1.54, 1.807) is 27.7 Å². The van der Waals surface area contributed by atoms with E-state index in [0.29, 0.717) is 11.1 Å². The van der Waals surface area contributed by atoms with Gasteiger partial charge in [0.25, 0.3) is 0 Å². The van der Waals surface area contributed by atoms with Crippen molar-refractivity contribution in [1.29, 1.82) is 0 Å². The minimum atomic E-state index is -1.68. The lowest BCUT2D eigenvalue weighted by atomic mass is 9.42. The van der Waals surface area contributed by atoms with Crippen LogP contribution in [0.2, 0.25) is 0 Å². The first-order valence-electron chi connectivity index (χ1n) is 16.2. The molecule has 47 heavy (non-hydrogen) atoms. The van der Waals surface area contributed by atoms with Gasteiger partial charge in [-0.3, -0.25) is 9.59 Å². The van der Waals surface area contributed by atoms with Crippen molar-refractivity contribution in [2.75, 3.05) is 41.5 Å². The summed E-state index contributed by atoms with van der Waals surface area (Å²) in [6, 6.07) is -0.339. The molecule has 1 saturated heterocycles. The molecule has 13 nitrogen and oxygen atoms in total. The molecule has 9 unspecified atom stereocenters. The third kappa shape index (κ3) is 5.71. The SMILES string of the molecule is COCC(=O)OC1C(=O)[C@]2(C)C(O[SiH3])CC3OCC3(OC(C)=O)C2[C@H](C)C2(O)CC(OC(=O)C(OC)C(C)N(C)C)C(C)=C1C2(C)C. The molecule has 3 aliphatic carbocycles. The van der Waals surface area contributed by atoms with E-state index in [2.05, 4.69) is 0 Å². The van der Waals surface area contributed by atoms with Gasteiger partial charge in [0.1, 0.15) is 29.3 Å². The quantitative estimate of drug-likeness (QED) is 0.147. The smallest absolute Gasteiger partial charge is 0.337 e. The predicted octanol–water partition coefficient (Wildman–Crippen LogP) is 0.510. The third-order valence-electron chi connectivity index (χ3n) is 11.9. The molecular formula is C33H53NO12Si. The molecular weight excluding hydrogens is 630 g/mol. The van der Waals surface area contributed by atoms with Crippen molar-refractivity contribution in [2.45, 2.75) is 109 Å². The van der Waals surface area contributed by atoms with Crippen molar-refractivity contribution in [2.24, 2.45) is 22.7 Å². The molecule has 1 N–H and O–H groups in total. The van der Waals surface area contributed by atoms with Gasteiger partial charge >= 0.3 is 17.9 Å². The molecule has 14 heteroatoms. The zero-order valence-corrected chi connectivity index (χ0v) is 31.8. The van der Waals surface area contributed by atoms with Crippen LogP contribution in [0.25, 0.3) is 0 Å². The second-order valence-electron chi connectivity index (χ2n) is 14.7. The molecule has 0 aromatic carbocycles. The Labute approximate surface area is 280 Å². The molecule has 0 aromatic heterocycles. The molecule has 11 atom stereocenters. The van der Waals surface area contributed by atoms with Gasteiger partial charge in [0.15, 0.2) is 23.6 Å². The number of rotatable bonds is 10. The third-order valence-corrected chi connectivity index (χ3v) is 12.5. The molecule has 2 bridgehead atoms. The van der Waals surface area contributed by atoms with Crippen LogP contribution in [-0.4, -0.2) is 133 Å². The van der Waals surface area contributed by atoms with Crippen LogP contribution in [0.5, 0.6) is 0 Å². The number of ether oxygens (including phenoxy) is 6. The minimum absolute atomic E-state index is 0.0195. The van der Waals surface area contributed by atoms with E-state index in [4.69, 9.17) is 32.8 Å². The zero-order chi connectivity index (χ0) is 35.4. The summed E-state index contributed by atoms with van der Waals surface area (Å²) in [5, 5.41) is 13.2. The number of likely N-dealkylation sites (N-methyl/N-ethyl adjacent to an activating group) is 1. The maximum atomic E-state index is 15.3. The van der Waals surface area contributed by atoms with E-state index in [1.165, 1.54) is 21.1 Å². The molecule has 3 fully saturated rings. The number of ketones is 1. The monoisotopic (exact) mass is 683 g/mol. The number of nitrogens with zero attached hydrogens (tertiary/aromatic N) is 1. The summed E-state index contributed by atoms with van der Waals surface area (Å²) in [5.41, 5.74) is -4.69. The zero-order valence-electron chi connectivity index (χ0n) is 29.8. The fraction of sp³-hybridized carbons (Fsp3) is 0.818. The fourth-order valence-corrected chi connectivity index (χ4v) is 9.84. The van der Waals surface area contributed by atoms with Gasteiger partial charge in [0.2, 0.25) is 0 Å². The standard InChI is InChI=1S/C33H53NO12Si/c1-16-20(43-29(38)25(41-11)18(3)34(8)9)13-33(39)17(2)27-31(7,21(46-47)12-22-32(27,15-42-22)45-19(4)35)28(37)26(24(16)30(33,5)6)44-23(36)14-40-10/h17-18,20-22,25-27,39H,12-15H2,1-11,47H3/t17-,18?,20?,21?,22?,25?,26?,27?,31+,32?,33?/m0/s1. The van der Waals surface area contributed by atoms with Gasteiger partial charge in [0, 0.05) is 51.4 Å². The van der Waals surface area contributed by atoms with Crippen LogP contribution in [-0.2, 0) is 52.0 Å². The molecule has 4 rings (SSSR count). The number of aliphatic hydroxyl groups is 1. The number of esters is 3. The minimum Gasteiger partial charge on any atom is -0.456 e. The topological polar surface area (TPSA) is 156 Å². The van der Waals surface area contributed by atoms with Crippen LogP contribution >= 0.6 is 0 Å². The van der Waals surface area contributed by atoms with Crippen molar-refractivity contribution < 1.29 is 57.1 Å². The van der Waals surface area contributed by atoms with Gasteiger partial charge < -0.3 is 42.9 Å². The van der Waals surface area contributed by atoms with E-state index in [1.807, 2.05) is 32.8 Å². The van der Waals surface area contributed by atoms with Gasteiger partial charge in [-0.25, -0.2) is 9.59 Å². The predicted molar refractivity (Wildman–Crippen MR) is 171 cm³/mol. The molecule has 0 amide bonds. The molecule has 0 radical (unpaired) electrons. The highest BCUT2D eigenvalue weighted by molar-refractivity contribution is 5.99. The second-order valence-corrected chi connectivity index (χ2v) is 15.1. The maximum absolute atomic E-state index is 15.3. The number of hydrogen-bond acceptors (Lipinski definition) is 13. The molecule has 2 saturated carbocycles. The maximum Gasteiger partial charge on any atom is 0.337 e. The number of fused-ring (bicyclic) bond motifs is 5. The summed E-state index contributed by atoms with van der Waals surface area (Å²) in [6.45, 7) is 11.7. The Morgan fingerprint density at radius 2 is 1.79 bits per heavy atom. The molecule has 0 aromatic rings. The largest absolute Gasteiger partial charge is 0.456 e. The van der Waals surface area contributed by atoms with Crippen LogP contribution in [0.3, 0.4) is 0 Å². The first-order chi connectivity index (χ1) is 21.8. The van der Waals surface area contributed by atoms with Gasteiger partial charge in [-0.1, -0.05) is 20.8 Å². The summed E-state index contributed by atoms with van der Waals surface area (Å²) in [4.78, 5) is 56.6. The van der Waals surface area contributed by atoms with Crippen LogP contribution in [0, 0.1) is 22.7 Å². The van der Waals surface area contributed by atoms with Gasteiger partial charge in [-0.2, -0.15) is 0 Å². The number of methoxy groups -OCH3 is 2. The number of carbonyl (C=O) groups is 4. The lowest BCUT2D eigenvalue weighted by Gasteiger charge is -2.68.